The summed E-state index contributed by atoms with van der Waals surface area (Å²) < 4.78 is 21.3. The van der Waals surface area contributed by atoms with Crippen LogP contribution < -0.4 is 0 Å². The monoisotopic (exact) mass is 314 g/mol. The first-order chi connectivity index (χ1) is 10.9. The molecule has 0 saturated heterocycles. The molecule has 0 aliphatic rings. The maximum atomic E-state index is 9.23. The molecule has 1 aromatic rings. The molecule has 0 aliphatic heterocycles. The topological polar surface area (TPSA) is 77.4 Å². The molecular formula is C16H26O6. The van der Waals surface area contributed by atoms with Crippen LogP contribution in [0.3, 0.4) is 0 Å². The van der Waals surface area contributed by atoms with Crippen molar-refractivity contribution in [1.29, 1.82) is 0 Å². The fraction of sp³-hybridized carbons (Fsp3) is 0.625. The molecule has 22 heavy (non-hydrogen) atoms. The zero-order chi connectivity index (χ0) is 15.9. The highest BCUT2D eigenvalue weighted by Gasteiger charge is 2.08. The van der Waals surface area contributed by atoms with Crippen molar-refractivity contribution in [3.05, 3.63) is 35.9 Å². The van der Waals surface area contributed by atoms with Crippen LogP contribution in [0, 0.1) is 0 Å². The van der Waals surface area contributed by atoms with Crippen LogP contribution in [0.5, 0.6) is 0 Å². The van der Waals surface area contributed by atoms with Gasteiger partial charge in [-0.05, 0) is 5.56 Å². The molecule has 126 valence electrons. The van der Waals surface area contributed by atoms with E-state index in [0.717, 1.165) is 5.56 Å². The smallest absolute Gasteiger partial charge is 0.104 e. The standard InChI is InChI=1S/C16H26O6/c17-6-7-19-8-9-20-10-11-22-16(12-18)14-21-13-15-4-2-1-3-5-15/h1-5,16-18H,6-14H2/t16-/m0/s1. The van der Waals surface area contributed by atoms with E-state index in [4.69, 9.17) is 24.1 Å². The van der Waals surface area contributed by atoms with Crippen molar-refractivity contribution >= 4 is 0 Å². The summed E-state index contributed by atoms with van der Waals surface area (Å²) in [7, 11) is 0. The molecular weight excluding hydrogens is 288 g/mol. The minimum Gasteiger partial charge on any atom is -0.394 e. The molecule has 0 spiro atoms. The number of rotatable bonds is 14. The Morgan fingerprint density at radius 2 is 1.50 bits per heavy atom. The number of aliphatic hydroxyl groups excluding tert-OH is 2. The summed E-state index contributed by atoms with van der Waals surface area (Å²) in [6.07, 6.45) is -0.349. The molecule has 0 radical (unpaired) electrons. The molecule has 1 rings (SSSR count). The van der Waals surface area contributed by atoms with E-state index in [-0.39, 0.29) is 19.3 Å². The zero-order valence-electron chi connectivity index (χ0n) is 12.9. The SMILES string of the molecule is OCCOCCOCCO[C@@H](CO)COCc1ccccc1. The number of aliphatic hydroxyl groups is 2. The van der Waals surface area contributed by atoms with Gasteiger partial charge in [-0.15, -0.1) is 0 Å². The van der Waals surface area contributed by atoms with Crippen molar-refractivity contribution in [3.8, 4) is 0 Å². The average Bonchev–Trinajstić information content (AvgIpc) is 2.56. The Hall–Kier alpha value is -1.02. The summed E-state index contributed by atoms with van der Waals surface area (Å²) in [6.45, 7) is 2.81. The summed E-state index contributed by atoms with van der Waals surface area (Å²) in [6, 6.07) is 9.85. The Balaban J connectivity index is 1.98. The van der Waals surface area contributed by atoms with Gasteiger partial charge < -0.3 is 29.2 Å². The molecule has 0 fully saturated rings. The van der Waals surface area contributed by atoms with Crippen molar-refractivity contribution in [2.75, 3.05) is 52.9 Å². The zero-order valence-corrected chi connectivity index (χ0v) is 12.9. The van der Waals surface area contributed by atoms with Gasteiger partial charge in [-0.25, -0.2) is 0 Å². The molecule has 0 amide bonds. The van der Waals surface area contributed by atoms with E-state index in [1.54, 1.807) is 0 Å². The van der Waals surface area contributed by atoms with Gasteiger partial charge in [-0.3, -0.25) is 0 Å². The number of hydrogen-bond acceptors (Lipinski definition) is 6. The fourth-order valence-electron chi connectivity index (χ4n) is 1.70. The van der Waals surface area contributed by atoms with E-state index < -0.39 is 0 Å². The fourth-order valence-corrected chi connectivity index (χ4v) is 1.70. The molecule has 0 unspecified atom stereocenters. The van der Waals surface area contributed by atoms with E-state index in [1.807, 2.05) is 30.3 Å². The summed E-state index contributed by atoms with van der Waals surface area (Å²) in [5.41, 5.74) is 1.09. The Bertz CT molecular complexity index is 346. The molecule has 1 aromatic carbocycles. The lowest BCUT2D eigenvalue weighted by Crippen LogP contribution is -2.26. The second kappa shape index (κ2) is 13.6. The van der Waals surface area contributed by atoms with Gasteiger partial charge in [0, 0.05) is 0 Å². The third kappa shape index (κ3) is 9.83. The normalized spacial score (nSPS) is 12.5. The molecule has 6 nitrogen and oxygen atoms in total. The Morgan fingerprint density at radius 1 is 0.818 bits per heavy atom. The van der Waals surface area contributed by atoms with Crippen molar-refractivity contribution < 1.29 is 29.2 Å². The van der Waals surface area contributed by atoms with E-state index in [9.17, 15) is 5.11 Å². The predicted octanol–water partition coefficient (Wildman–Crippen LogP) is 0.606. The van der Waals surface area contributed by atoms with Crippen LogP contribution in [0.25, 0.3) is 0 Å². The molecule has 0 aromatic heterocycles. The van der Waals surface area contributed by atoms with Gasteiger partial charge in [0.05, 0.1) is 59.5 Å². The maximum absolute atomic E-state index is 9.23. The summed E-state index contributed by atoms with van der Waals surface area (Å²) in [5.74, 6) is 0. The molecule has 0 saturated carbocycles. The minimum absolute atomic E-state index is 0.0181. The van der Waals surface area contributed by atoms with E-state index >= 15 is 0 Å². The lowest BCUT2D eigenvalue weighted by atomic mass is 10.2. The Labute approximate surface area is 131 Å². The van der Waals surface area contributed by atoms with Crippen LogP contribution in [0.4, 0.5) is 0 Å². The predicted molar refractivity (Wildman–Crippen MR) is 81.6 cm³/mol. The average molecular weight is 314 g/mol. The minimum atomic E-state index is -0.349. The maximum Gasteiger partial charge on any atom is 0.104 e. The third-order valence-electron chi connectivity index (χ3n) is 2.81. The number of ether oxygens (including phenoxy) is 4. The summed E-state index contributed by atoms with van der Waals surface area (Å²) >= 11 is 0. The van der Waals surface area contributed by atoms with Gasteiger partial charge in [-0.1, -0.05) is 30.3 Å². The molecule has 0 bridgehead atoms. The molecule has 1 atom stereocenters. The lowest BCUT2D eigenvalue weighted by molar-refractivity contribution is -0.0657. The van der Waals surface area contributed by atoms with Crippen LogP contribution in [-0.2, 0) is 25.6 Å². The van der Waals surface area contributed by atoms with E-state index in [0.29, 0.717) is 46.2 Å². The van der Waals surface area contributed by atoms with Crippen molar-refractivity contribution in [2.45, 2.75) is 12.7 Å². The highest BCUT2D eigenvalue weighted by Crippen LogP contribution is 2.02. The molecule has 0 aliphatic carbocycles. The van der Waals surface area contributed by atoms with Crippen molar-refractivity contribution in [1.82, 2.24) is 0 Å². The first-order valence-corrected chi connectivity index (χ1v) is 7.47. The van der Waals surface area contributed by atoms with Crippen LogP contribution in [0.1, 0.15) is 5.56 Å². The molecule has 6 heteroatoms. The Kier molecular flexibility index (Phi) is 11.8. The van der Waals surface area contributed by atoms with Gasteiger partial charge in [0.25, 0.3) is 0 Å². The third-order valence-corrected chi connectivity index (χ3v) is 2.81. The van der Waals surface area contributed by atoms with Gasteiger partial charge in [0.15, 0.2) is 0 Å². The van der Waals surface area contributed by atoms with Crippen LogP contribution in [0.15, 0.2) is 30.3 Å². The highest BCUT2D eigenvalue weighted by molar-refractivity contribution is 5.13. The van der Waals surface area contributed by atoms with Gasteiger partial charge in [0.1, 0.15) is 6.10 Å². The van der Waals surface area contributed by atoms with Crippen LogP contribution >= 0.6 is 0 Å². The van der Waals surface area contributed by atoms with Gasteiger partial charge in [-0.2, -0.15) is 0 Å². The van der Waals surface area contributed by atoms with Crippen molar-refractivity contribution in [2.24, 2.45) is 0 Å². The molecule has 2 N–H and O–H groups in total. The largest absolute Gasteiger partial charge is 0.394 e. The van der Waals surface area contributed by atoms with Gasteiger partial charge >= 0.3 is 0 Å². The quantitative estimate of drug-likeness (QED) is 0.490. The van der Waals surface area contributed by atoms with Gasteiger partial charge in [0.2, 0.25) is 0 Å². The molecule has 0 heterocycles. The summed E-state index contributed by atoms with van der Waals surface area (Å²) in [5, 5.41) is 17.8. The number of benzene rings is 1. The highest BCUT2D eigenvalue weighted by atomic mass is 16.6. The number of hydrogen-bond donors (Lipinski definition) is 2. The van der Waals surface area contributed by atoms with E-state index in [1.165, 1.54) is 0 Å². The van der Waals surface area contributed by atoms with Crippen LogP contribution in [-0.4, -0.2) is 69.2 Å². The lowest BCUT2D eigenvalue weighted by Gasteiger charge is -2.16. The summed E-state index contributed by atoms with van der Waals surface area (Å²) in [4.78, 5) is 0. The first-order valence-electron chi connectivity index (χ1n) is 7.47. The Morgan fingerprint density at radius 3 is 2.18 bits per heavy atom. The second-order valence-electron chi connectivity index (χ2n) is 4.62. The van der Waals surface area contributed by atoms with E-state index in [2.05, 4.69) is 0 Å². The van der Waals surface area contributed by atoms with Crippen LogP contribution in [0.2, 0.25) is 0 Å². The second-order valence-corrected chi connectivity index (χ2v) is 4.62. The van der Waals surface area contributed by atoms with Crippen molar-refractivity contribution in [3.63, 3.8) is 0 Å². The first kappa shape index (κ1) is 19.0.